The summed E-state index contributed by atoms with van der Waals surface area (Å²) in [5, 5.41) is 2.90. The quantitative estimate of drug-likeness (QED) is 0.722. The maximum Gasteiger partial charge on any atom is 0.417 e. The average Bonchev–Trinajstić information content (AvgIpc) is 2.90. The predicted octanol–water partition coefficient (Wildman–Crippen LogP) is 4.32. The minimum absolute atomic E-state index is 0.0955. The summed E-state index contributed by atoms with van der Waals surface area (Å²) in [4.78, 5) is 20.3. The van der Waals surface area contributed by atoms with Crippen LogP contribution in [0.4, 0.5) is 24.7 Å². The summed E-state index contributed by atoms with van der Waals surface area (Å²) in [5.41, 5.74) is 1.07. The van der Waals surface area contributed by atoms with Gasteiger partial charge in [-0.25, -0.2) is 4.98 Å². The number of aromatic nitrogens is 1. The van der Waals surface area contributed by atoms with E-state index in [-0.39, 0.29) is 12.5 Å². The molecule has 1 aliphatic rings. The molecule has 1 amide bonds. The first-order valence-electron chi connectivity index (χ1n) is 9.29. The Balaban J connectivity index is 1.54. The van der Waals surface area contributed by atoms with Gasteiger partial charge in [-0.05, 0) is 43.2 Å². The number of hydrogen-bond donors (Lipinski definition) is 1. The van der Waals surface area contributed by atoms with Crippen LogP contribution >= 0.6 is 15.9 Å². The van der Waals surface area contributed by atoms with Crippen molar-refractivity contribution >= 4 is 33.3 Å². The van der Waals surface area contributed by atoms with Crippen LogP contribution in [0.5, 0.6) is 0 Å². The molecule has 5 nitrogen and oxygen atoms in total. The SMILES string of the molecule is Cc1ccc(NC(=O)CN2CCCN(c3ccc(C(F)(F)F)cn3)CC2)cc1Br. The summed E-state index contributed by atoms with van der Waals surface area (Å²) in [7, 11) is 0. The molecule has 0 radical (unpaired) electrons. The van der Waals surface area contributed by atoms with Crippen LogP contribution in [0.15, 0.2) is 41.0 Å². The molecule has 1 aliphatic heterocycles. The number of carbonyl (C=O) groups excluding carboxylic acids is 1. The van der Waals surface area contributed by atoms with E-state index >= 15 is 0 Å². The van der Waals surface area contributed by atoms with E-state index in [9.17, 15) is 18.0 Å². The molecular weight excluding hydrogens is 449 g/mol. The monoisotopic (exact) mass is 470 g/mol. The maximum absolute atomic E-state index is 12.7. The lowest BCUT2D eigenvalue weighted by atomic mass is 10.2. The zero-order valence-corrected chi connectivity index (χ0v) is 17.6. The molecule has 0 bridgehead atoms. The summed E-state index contributed by atoms with van der Waals surface area (Å²) in [5.74, 6) is 0.427. The van der Waals surface area contributed by atoms with Crippen molar-refractivity contribution in [3.05, 3.63) is 52.1 Å². The molecule has 1 aromatic heterocycles. The molecule has 1 N–H and O–H groups in total. The molecule has 9 heteroatoms. The fourth-order valence-electron chi connectivity index (χ4n) is 3.17. The first kappa shape index (κ1) is 21.6. The number of carbonyl (C=O) groups is 1. The molecule has 1 aromatic carbocycles. The van der Waals surface area contributed by atoms with E-state index < -0.39 is 11.7 Å². The molecule has 2 heterocycles. The number of amides is 1. The van der Waals surface area contributed by atoms with E-state index in [0.29, 0.717) is 25.5 Å². The van der Waals surface area contributed by atoms with Crippen molar-refractivity contribution in [2.45, 2.75) is 19.5 Å². The van der Waals surface area contributed by atoms with Crippen LogP contribution in [0.2, 0.25) is 0 Å². The minimum Gasteiger partial charge on any atom is -0.355 e. The number of pyridine rings is 1. The van der Waals surface area contributed by atoms with Crippen LogP contribution in [0.3, 0.4) is 0 Å². The lowest BCUT2D eigenvalue weighted by Crippen LogP contribution is -2.36. The van der Waals surface area contributed by atoms with E-state index in [1.165, 1.54) is 6.07 Å². The molecule has 0 aliphatic carbocycles. The van der Waals surface area contributed by atoms with Gasteiger partial charge in [-0.15, -0.1) is 0 Å². The van der Waals surface area contributed by atoms with E-state index in [1.54, 1.807) is 0 Å². The van der Waals surface area contributed by atoms with Crippen LogP contribution in [0.1, 0.15) is 17.5 Å². The Hall–Kier alpha value is -2.13. The summed E-state index contributed by atoms with van der Waals surface area (Å²) in [6, 6.07) is 8.12. The second-order valence-corrected chi connectivity index (χ2v) is 7.89. The van der Waals surface area contributed by atoms with Crippen LogP contribution in [-0.4, -0.2) is 48.5 Å². The highest BCUT2D eigenvalue weighted by Crippen LogP contribution is 2.29. The van der Waals surface area contributed by atoms with Crippen molar-refractivity contribution in [1.82, 2.24) is 9.88 Å². The highest BCUT2D eigenvalue weighted by Gasteiger charge is 2.31. The minimum atomic E-state index is -4.39. The Morgan fingerprint density at radius 1 is 1.17 bits per heavy atom. The fourth-order valence-corrected chi connectivity index (χ4v) is 3.55. The Morgan fingerprint density at radius 2 is 1.97 bits per heavy atom. The van der Waals surface area contributed by atoms with Gasteiger partial charge < -0.3 is 10.2 Å². The molecule has 1 fully saturated rings. The topological polar surface area (TPSA) is 48.5 Å². The molecule has 1 saturated heterocycles. The van der Waals surface area contributed by atoms with Gasteiger partial charge in [-0.1, -0.05) is 22.0 Å². The van der Waals surface area contributed by atoms with Crippen LogP contribution in [0.25, 0.3) is 0 Å². The molecule has 2 aromatic rings. The van der Waals surface area contributed by atoms with E-state index in [1.807, 2.05) is 34.9 Å². The van der Waals surface area contributed by atoms with Gasteiger partial charge in [0.25, 0.3) is 0 Å². The van der Waals surface area contributed by atoms with E-state index in [2.05, 4.69) is 26.2 Å². The molecule has 0 unspecified atom stereocenters. The van der Waals surface area contributed by atoms with Crippen molar-refractivity contribution in [2.75, 3.05) is 42.9 Å². The Morgan fingerprint density at radius 3 is 2.62 bits per heavy atom. The van der Waals surface area contributed by atoms with Gasteiger partial charge >= 0.3 is 6.18 Å². The zero-order chi connectivity index (χ0) is 21.0. The van der Waals surface area contributed by atoms with Crippen molar-refractivity contribution in [1.29, 1.82) is 0 Å². The van der Waals surface area contributed by atoms with Gasteiger partial charge in [0.2, 0.25) is 5.91 Å². The standard InChI is InChI=1S/C20H22BrF3N4O/c1-14-3-5-16(11-17(14)21)26-19(29)13-27-7-2-8-28(10-9-27)18-6-4-15(12-25-18)20(22,23)24/h3-6,11-12H,2,7-10,13H2,1H3,(H,26,29). The number of alkyl halides is 3. The highest BCUT2D eigenvalue weighted by molar-refractivity contribution is 9.10. The van der Waals surface area contributed by atoms with Crippen LogP contribution in [-0.2, 0) is 11.0 Å². The second-order valence-electron chi connectivity index (χ2n) is 7.03. The molecule has 3 rings (SSSR count). The third-order valence-electron chi connectivity index (χ3n) is 4.81. The third-order valence-corrected chi connectivity index (χ3v) is 5.66. The number of anilines is 2. The Bertz CT molecular complexity index is 858. The number of hydrogen-bond acceptors (Lipinski definition) is 4. The van der Waals surface area contributed by atoms with Gasteiger partial charge in [0.15, 0.2) is 0 Å². The van der Waals surface area contributed by atoms with Crippen LogP contribution in [0, 0.1) is 6.92 Å². The number of nitrogens with one attached hydrogen (secondary N) is 1. The number of rotatable bonds is 4. The molecule has 0 saturated carbocycles. The first-order chi connectivity index (χ1) is 13.7. The normalized spacial score (nSPS) is 15.8. The van der Waals surface area contributed by atoms with Gasteiger partial charge in [-0.2, -0.15) is 13.2 Å². The highest BCUT2D eigenvalue weighted by atomic mass is 79.9. The van der Waals surface area contributed by atoms with Crippen molar-refractivity contribution < 1.29 is 18.0 Å². The average molecular weight is 471 g/mol. The first-order valence-corrected chi connectivity index (χ1v) is 10.1. The summed E-state index contributed by atoms with van der Waals surface area (Å²) < 4.78 is 39.0. The summed E-state index contributed by atoms with van der Waals surface area (Å²) >= 11 is 3.45. The number of benzene rings is 1. The molecular formula is C20H22BrF3N4O. The van der Waals surface area contributed by atoms with Gasteiger partial charge in [0.05, 0.1) is 12.1 Å². The molecule has 0 atom stereocenters. The number of aryl methyl sites for hydroxylation is 1. The van der Waals surface area contributed by atoms with E-state index in [4.69, 9.17) is 0 Å². The molecule has 156 valence electrons. The molecule has 29 heavy (non-hydrogen) atoms. The van der Waals surface area contributed by atoms with Crippen molar-refractivity contribution in [3.8, 4) is 0 Å². The summed E-state index contributed by atoms with van der Waals surface area (Å²) in [6.45, 7) is 4.89. The van der Waals surface area contributed by atoms with Crippen LogP contribution < -0.4 is 10.2 Å². The number of nitrogens with zero attached hydrogens (tertiary/aromatic N) is 3. The Labute approximate surface area is 176 Å². The number of halogens is 4. The molecule has 0 spiro atoms. The fraction of sp³-hybridized carbons (Fsp3) is 0.400. The van der Waals surface area contributed by atoms with Crippen molar-refractivity contribution in [2.24, 2.45) is 0 Å². The lowest BCUT2D eigenvalue weighted by Gasteiger charge is -2.22. The smallest absolute Gasteiger partial charge is 0.355 e. The lowest BCUT2D eigenvalue weighted by molar-refractivity contribution is -0.137. The second kappa shape index (κ2) is 9.13. The van der Waals surface area contributed by atoms with Gasteiger partial charge in [-0.3, -0.25) is 9.69 Å². The largest absolute Gasteiger partial charge is 0.417 e. The van der Waals surface area contributed by atoms with Crippen molar-refractivity contribution in [3.63, 3.8) is 0 Å². The van der Waals surface area contributed by atoms with Gasteiger partial charge in [0.1, 0.15) is 5.82 Å². The third kappa shape index (κ3) is 5.93. The predicted molar refractivity (Wildman–Crippen MR) is 110 cm³/mol. The van der Waals surface area contributed by atoms with Gasteiger partial charge in [0, 0.05) is 42.5 Å². The maximum atomic E-state index is 12.7. The Kier molecular flexibility index (Phi) is 6.79. The zero-order valence-electron chi connectivity index (χ0n) is 16.0. The summed E-state index contributed by atoms with van der Waals surface area (Å²) in [6.07, 6.45) is -2.72. The van der Waals surface area contributed by atoms with E-state index in [0.717, 1.165) is 41.0 Å².